The van der Waals surface area contributed by atoms with Crippen molar-refractivity contribution in [3.8, 4) is 5.75 Å². The normalized spacial score (nSPS) is 13.3. The van der Waals surface area contributed by atoms with Crippen LogP contribution in [0.5, 0.6) is 5.75 Å². The maximum atomic E-state index is 13.9. The Hall–Kier alpha value is -3.33. The molecular formula is C17H12FN3O5. The third-order valence-corrected chi connectivity index (χ3v) is 4.11. The summed E-state index contributed by atoms with van der Waals surface area (Å²) in [4.78, 5) is 27.2. The van der Waals surface area contributed by atoms with Gasteiger partial charge < -0.3 is 9.47 Å². The van der Waals surface area contributed by atoms with Gasteiger partial charge in [-0.1, -0.05) is 0 Å². The minimum atomic E-state index is -0.576. The molecule has 0 saturated carbocycles. The smallest absolute Gasteiger partial charge is 0.270 e. The van der Waals surface area contributed by atoms with E-state index < -0.39 is 16.3 Å². The zero-order valence-electron chi connectivity index (χ0n) is 13.3. The summed E-state index contributed by atoms with van der Waals surface area (Å²) in [7, 11) is 0. The Morgan fingerprint density at radius 3 is 2.96 bits per heavy atom. The molecule has 2 aromatic carbocycles. The number of nitrogens with zero attached hydrogens (tertiary/aromatic N) is 3. The third-order valence-electron chi connectivity index (χ3n) is 4.11. The van der Waals surface area contributed by atoms with Gasteiger partial charge in [0.1, 0.15) is 11.6 Å². The average molecular weight is 357 g/mol. The standard InChI is InChI=1S/C17H12FN3O5/c18-12-3-10(16-11(4-12)7-25-9-26-16)6-20-8-19-15-2-1-13(21(23)24)5-14(15)17(20)22/h1-5,8H,6-7,9H2. The molecule has 3 aromatic rings. The Labute approximate surface area is 145 Å². The Morgan fingerprint density at radius 2 is 2.15 bits per heavy atom. The third kappa shape index (κ3) is 2.78. The van der Waals surface area contributed by atoms with Crippen LogP contribution >= 0.6 is 0 Å². The van der Waals surface area contributed by atoms with Crippen molar-refractivity contribution in [3.63, 3.8) is 0 Å². The number of benzene rings is 2. The van der Waals surface area contributed by atoms with Crippen LogP contribution in [0.15, 0.2) is 41.5 Å². The summed E-state index contributed by atoms with van der Waals surface area (Å²) < 4.78 is 25.7. The average Bonchev–Trinajstić information content (AvgIpc) is 2.63. The lowest BCUT2D eigenvalue weighted by atomic mass is 10.1. The fraction of sp³-hybridized carbons (Fsp3) is 0.176. The first-order valence-corrected chi connectivity index (χ1v) is 7.68. The van der Waals surface area contributed by atoms with Gasteiger partial charge in [0.25, 0.3) is 11.2 Å². The summed E-state index contributed by atoms with van der Waals surface area (Å²) in [5, 5.41) is 11.1. The Balaban J connectivity index is 1.81. The molecular weight excluding hydrogens is 345 g/mol. The van der Waals surface area contributed by atoms with Crippen molar-refractivity contribution >= 4 is 16.6 Å². The van der Waals surface area contributed by atoms with Crippen LogP contribution in [0.25, 0.3) is 10.9 Å². The van der Waals surface area contributed by atoms with E-state index in [1.807, 2.05) is 0 Å². The van der Waals surface area contributed by atoms with E-state index in [1.54, 1.807) is 0 Å². The minimum absolute atomic E-state index is 0.0184. The number of fused-ring (bicyclic) bond motifs is 2. The molecule has 0 bridgehead atoms. The number of halogens is 1. The van der Waals surface area contributed by atoms with Crippen molar-refractivity contribution in [2.75, 3.05) is 6.79 Å². The SMILES string of the molecule is O=c1c2cc([N+](=O)[O-])ccc2ncn1Cc1cc(F)cc2c1OCOC2. The van der Waals surface area contributed by atoms with Gasteiger partial charge >= 0.3 is 0 Å². The molecule has 1 aliphatic rings. The molecule has 0 unspecified atom stereocenters. The molecule has 0 amide bonds. The Kier molecular flexibility index (Phi) is 3.85. The summed E-state index contributed by atoms with van der Waals surface area (Å²) in [6, 6.07) is 6.50. The highest BCUT2D eigenvalue weighted by Gasteiger charge is 2.18. The molecule has 0 radical (unpaired) electrons. The topological polar surface area (TPSA) is 96.5 Å². The molecule has 1 aliphatic heterocycles. The van der Waals surface area contributed by atoms with E-state index in [2.05, 4.69) is 4.98 Å². The second kappa shape index (κ2) is 6.19. The van der Waals surface area contributed by atoms with Crippen molar-refractivity contribution in [1.29, 1.82) is 0 Å². The van der Waals surface area contributed by atoms with Crippen LogP contribution < -0.4 is 10.3 Å². The van der Waals surface area contributed by atoms with E-state index >= 15 is 0 Å². The lowest BCUT2D eigenvalue weighted by Gasteiger charge is -2.21. The molecule has 0 atom stereocenters. The van der Waals surface area contributed by atoms with Gasteiger partial charge in [0.05, 0.1) is 35.3 Å². The molecule has 0 N–H and O–H groups in total. The van der Waals surface area contributed by atoms with E-state index in [0.717, 1.165) is 0 Å². The largest absolute Gasteiger partial charge is 0.467 e. The first-order valence-electron chi connectivity index (χ1n) is 7.68. The number of nitro benzene ring substituents is 1. The van der Waals surface area contributed by atoms with Crippen LogP contribution in [0.2, 0.25) is 0 Å². The van der Waals surface area contributed by atoms with Gasteiger partial charge in [-0.15, -0.1) is 0 Å². The number of hydrogen-bond donors (Lipinski definition) is 0. The molecule has 0 saturated heterocycles. The monoisotopic (exact) mass is 357 g/mol. The van der Waals surface area contributed by atoms with Crippen LogP contribution in [-0.4, -0.2) is 21.3 Å². The Morgan fingerprint density at radius 1 is 1.31 bits per heavy atom. The number of rotatable bonds is 3. The van der Waals surface area contributed by atoms with Gasteiger partial charge in [-0.05, 0) is 18.2 Å². The molecule has 9 heteroatoms. The van der Waals surface area contributed by atoms with Gasteiger partial charge in [0, 0.05) is 23.3 Å². The van der Waals surface area contributed by atoms with Gasteiger partial charge in [0.2, 0.25) is 0 Å². The van der Waals surface area contributed by atoms with Crippen LogP contribution in [0.1, 0.15) is 11.1 Å². The van der Waals surface area contributed by atoms with Crippen LogP contribution in [0.3, 0.4) is 0 Å². The van der Waals surface area contributed by atoms with Gasteiger partial charge in [0.15, 0.2) is 6.79 Å². The van der Waals surface area contributed by atoms with Crippen molar-refractivity contribution in [1.82, 2.24) is 9.55 Å². The van der Waals surface area contributed by atoms with Crippen LogP contribution in [0.4, 0.5) is 10.1 Å². The maximum absolute atomic E-state index is 13.9. The fourth-order valence-electron chi connectivity index (χ4n) is 2.93. The second-order valence-corrected chi connectivity index (χ2v) is 5.80. The molecule has 8 nitrogen and oxygen atoms in total. The van der Waals surface area contributed by atoms with Crippen molar-refractivity contribution in [3.05, 3.63) is 74.1 Å². The number of hydrogen-bond acceptors (Lipinski definition) is 6. The first kappa shape index (κ1) is 16.2. The summed E-state index contributed by atoms with van der Waals surface area (Å²) in [6.07, 6.45) is 1.33. The lowest BCUT2D eigenvalue weighted by Crippen LogP contribution is -2.22. The fourth-order valence-corrected chi connectivity index (χ4v) is 2.93. The van der Waals surface area contributed by atoms with Crippen molar-refractivity contribution < 1.29 is 18.8 Å². The molecule has 0 aliphatic carbocycles. The first-order chi connectivity index (χ1) is 12.5. The zero-order chi connectivity index (χ0) is 18.3. The summed E-state index contributed by atoms with van der Waals surface area (Å²) in [5.41, 5.74) is 0.727. The molecule has 2 heterocycles. The highest BCUT2D eigenvalue weighted by Crippen LogP contribution is 2.30. The predicted molar refractivity (Wildman–Crippen MR) is 88.4 cm³/mol. The summed E-state index contributed by atoms with van der Waals surface area (Å²) in [5.74, 6) is 0.00831. The van der Waals surface area contributed by atoms with E-state index in [-0.39, 0.29) is 31.0 Å². The molecule has 0 fully saturated rings. The van der Waals surface area contributed by atoms with Crippen LogP contribution in [0, 0.1) is 15.9 Å². The quantitative estimate of drug-likeness (QED) is 0.527. The molecule has 26 heavy (non-hydrogen) atoms. The minimum Gasteiger partial charge on any atom is -0.467 e. The van der Waals surface area contributed by atoms with Crippen LogP contribution in [-0.2, 0) is 17.9 Å². The van der Waals surface area contributed by atoms with Crippen molar-refractivity contribution in [2.24, 2.45) is 0 Å². The summed E-state index contributed by atoms with van der Waals surface area (Å²) >= 11 is 0. The second-order valence-electron chi connectivity index (χ2n) is 5.80. The van der Waals surface area contributed by atoms with Gasteiger partial charge in [-0.3, -0.25) is 19.5 Å². The number of nitro groups is 1. The molecule has 0 spiro atoms. The van der Waals surface area contributed by atoms with Crippen molar-refractivity contribution in [2.45, 2.75) is 13.2 Å². The molecule has 4 rings (SSSR count). The number of aromatic nitrogens is 2. The highest BCUT2D eigenvalue weighted by molar-refractivity contribution is 5.79. The maximum Gasteiger partial charge on any atom is 0.270 e. The zero-order valence-corrected chi connectivity index (χ0v) is 13.3. The molecule has 132 valence electrons. The summed E-state index contributed by atoms with van der Waals surface area (Å²) in [6.45, 7) is 0.282. The van der Waals surface area contributed by atoms with E-state index in [4.69, 9.17) is 9.47 Å². The lowest BCUT2D eigenvalue weighted by molar-refractivity contribution is -0.384. The molecule has 1 aromatic heterocycles. The van der Waals surface area contributed by atoms with E-state index in [9.17, 15) is 19.3 Å². The number of non-ortho nitro benzene ring substituents is 1. The number of ether oxygens (including phenoxy) is 2. The van der Waals surface area contributed by atoms with E-state index in [0.29, 0.717) is 22.4 Å². The predicted octanol–water partition coefficient (Wildman–Crippen LogP) is 2.36. The Bertz CT molecular complexity index is 1100. The van der Waals surface area contributed by atoms with Gasteiger partial charge in [-0.25, -0.2) is 9.37 Å². The highest BCUT2D eigenvalue weighted by atomic mass is 19.1. The van der Waals surface area contributed by atoms with E-state index in [1.165, 1.54) is 41.2 Å². The van der Waals surface area contributed by atoms with Gasteiger partial charge in [-0.2, -0.15) is 0 Å².